The van der Waals surface area contributed by atoms with Gasteiger partial charge in [0.2, 0.25) is 0 Å². The van der Waals surface area contributed by atoms with Gasteiger partial charge >= 0.3 is 0 Å². The Kier molecular flexibility index (Phi) is 1.88. The molecule has 0 saturated heterocycles. The molecule has 72 valence electrons. The highest BCUT2D eigenvalue weighted by atomic mass is 79.9. The Bertz CT molecular complexity index is 420. The van der Waals surface area contributed by atoms with Crippen LogP contribution in [0.2, 0.25) is 0 Å². The van der Waals surface area contributed by atoms with Crippen LogP contribution >= 0.6 is 27.7 Å². The van der Waals surface area contributed by atoms with Crippen LogP contribution in [0.3, 0.4) is 0 Å². The van der Waals surface area contributed by atoms with Gasteiger partial charge in [-0.3, -0.25) is 5.43 Å². The first-order chi connectivity index (χ1) is 5.92. The standard InChI is InChI=1S/C4H5BrN4O2S2/c5-4(13(6,10)11)8-9-2-1-7-3(9)12-4/h1-2,8H,(H2,6,10,11). The largest absolute Gasteiger partial charge is 0.283 e. The van der Waals surface area contributed by atoms with Gasteiger partial charge in [-0.25, -0.2) is 23.2 Å². The first-order valence-electron chi connectivity index (χ1n) is 3.14. The number of primary sulfonamides is 1. The van der Waals surface area contributed by atoms with Crippen molar-refractivity contribution in [2.75, 3.05) is 5.43 Å². The van der Waals surface area contributed by atoms with Crippen molar-refractivity contribution in [1.82, 2.24) is 9.66 Å². The average Bonchev–Trinajstić information content (AvgIpc) is 2.42. The molecule has 2 heterocycles. The van der Waals surface area contributed by atoms with E-state index in [1.54, 1.807) is 12.4 Å². The average molecular weight is 285 g/mol. The van der Waals surface area contributed by atoms with Gasteiger partial charge in [-0.05, 0) is 27.7 Å². The predicted molar refractivity (Wildman–Crippen MR) is 52.2 cm³/mol. The van der Waals surface area contributed by atoms with E-state index in [9.17, 15) is 8.42 Å². The normalized spacial score (nSPS) is 26.9. The molecule has 0 amide bonds. The fourth-order valence-corrected chi connectivity index (χ4v) is 3.09. The van der Waals surface area contributed by atoms with E-state index < -0.39 is 13.1 Å². The Labute approximate surface area is 87.0 Å². The zero-order chi connectivity index (χ0) is 9.69. The third kappa shape index (κ3) is 1.35. The number of nitrogens with two attached hydrogens (primary N) is 1. The molecule has 1 unspecified atom stereocenters. The van der Waals surface area contributed by atoms with Crippen molar-refractivity contribution < 1.29 is 8.42 Å². The van der Waals surface area contributed by atoms with Crippen LogP contribution in [0.25, 0.3) is 0 Å². The minimum atomic E-state index is -3.73. The number of aromatic nitrogens is 2. The predicted octanol–water partition coefficient (Wildman–Crippen LogP) is -0.173. The number of rotatable bonds is 1. The molecule has 3 N–H and O–H groups in total. The first-order valence-corrected chi connectivity index (χ1v) is 6.30. The molecule has 6 nitrogen and oxygen atoms in total. The lowest BCUT2D eigenvalue weighted by molar-refractivity contribution is 0.592. The third-order valence-corrected chi connectivity index (χ3v) is 6.07. The van der Waals surface area contributed by atoms with Gasteiger partial charge in [0.25, 0.3) is 13.1 Å². The molecule has 0 saturated carbocycles. The molecular weight excluding hydrogens is 280 g/mol. The van der Waals surface area contributed by atoms with Crippen LogP contribution in [0.1, 0.15) is 0 Å². The zero-order valence-electron chi connectivity index (χ0n) is 6.14. The summed E-state index contributed by atoms with van der Waals surface area (Å²) in [6.07, 6.45) is 3.17. The Balaban J connectivity index is 2.41. The molecule has 0 spiro atoms. The lowest BCUT2D eigenvalue weighted by Crippen LogP contribution is -2.41. The Morgan fingerprint density at radius 3 is 3.00 bits per heavy atom. The summed E-state index contributed by atoms with van der Waals surface area (Å²) in [6, 6.07) is 0. The Hall–Kier alpha value is -0.250. The lowest BCUT2D eigenvalue weighted by atomic mass is 11.0. The van der Waals surface area contributed by atoms with Crippen LogP contribution in [0.4, 0.5) is 0 Å². The van der Waals surface area contributed by atoms with Gasteiger partial charge in [0, 0.05) is 12.4 Å². The minimum absolute atomic E-state index is 0.547. The summed E-state index contributed by atoms with van der Waals surface area (Å²) in [4.78, 5) is 3.92. The van der Waals surface area contributed by atoms with Crippen molar-refractivity contribution in [3.63, 3.8) is 0 Å². The number of nitrogens with zero attached hydrogens (tertiary/aromatic N) is 2. The second-order valence-electron chi connectivity index (χ2n) is 2.37. The zero-order valence-corrected chi connectivity index (χ0v) is 9.36. The first kappa shape index (κ1) is 9.31. The fourth-order valence-electron chi connectivity index (χ4n) is 0.856. The second-order valence-corrected chi connectivity index (χ2v) is 7.76. The van der Waals surface area contributed by atoms with Gasteiger partial charge in [-0.2, -0.15) is 0 Å². The molecule has 1 aromatic heterocycles. The summed E-state index contributed by atoms with van der Waals surface area (Å²) in [5.74, 6) is 0. The van der Waals surface area contributed by atoms with Gasteiger partial charge in [0.05, 0.1) is 0 Å². The van der Waals surface area contributed by atoms with E-state index in [-0.39, 0.29) is 0 Å². The molecule has 0 aliphatic carbocycles. The van der Waals surface area contributed by atoms with Crippen molar-refractivity contribution in [2.45, 2.75) is 8.27 Å². The van der Waals surface area contributed by atoms with Crippen molar-refractivity contribution in [3.05, 3.63) is 12.4 Å². The van der Waals surface area contributed by atoms with Crippen molar-refractivity contribution in [3.8, 4) is 0 Å². The van der Waals surface area contributed by atoms with Crippen LogP contribution in [-0.2, 0) is 10.0 Å². The number of hydrogen-bond donors (Lipinski definition) is 2. The molecular formula is C4H5BrN4O2S2. The van der Waals surface area contributed by atoms with Gasteiger partial charge < -0.3 is 0 Å². The molecule has 2 rings (SSSR count). The molecule has 13 heavy (non-hydrogen) atoms. The van der Waals surface area contributed by atoms with Gasteiger partial charge in [-0.15, -0.1) is 0 Å². The maximum Gasteiger partial charge on any atom is 0.277 e. The summed E-state index contributed by atoms with van der Waals surface area (Å²) in [7, 11) is -3.73. The number of imidazole rings is 1. The fraction of sp³-hybridized carbons (Fsp3) is 0.250. The van der Waals surface area contributed by atoms with E-state index >= 15 is 0 Å². The number of halogens is 1. The maximum atomic E-state index is 11.1. The summed E-state index contributed by atoms with van der Waals surface area (Å²) < 4.78 is 22.3. The van der Waals surface area contributed by atoms with Crippen LogP contribution in [0, 0.1) is 0 Å². The number of alkyl halides is 1. The van der Waals surface area contributed by atoms with Crippen molar-refractivity contribution in [2.24, 2.45) is 5.14 Å². The molecule has 0 fully saturated rings. The molecule has 0 radical (unpaired) electrons. The van der Waals surface area contributed by atoms with Crippen LogP contribution in [0.15, 0.2) is 17.6 Å². The van der Waals surface area contributed by atoms with Crippen LogP contribution in [-0.4, -0.2) is 21.2 Å². The summed E-state index contributed by atoms with van der Waals surface area (Å²) in [6.45, 7) is 0. The molecule has 9 heteroatoms. The van der Waals surface area contributed by atoms with E-state index in [4.69, 9.17) is 5.14 Å². The summed E-state index contributed by atoms with van der Waals surface area (Å²) in [5, 5.41) is 5.56. The summed E-state index contributed by atoms with van der Waals surface area (Å²) in [5.41, 5.74) is 2.65. The third-order valence-electron chi connectivity index (χ3n) is 1.45. The molecule has 0 aromatic carbocycles. The number of sulfonamides is 1. The minimum Gasteiger partial charge on any atom is -0.283 e. The highest BCUT2D eigenvalue weighted by Gasteiger charge is 2.46. The molecule has 1 aliphatic rings. The number of nitrogens with one attached hydrogen (secondary N) is 1. The highest BCUT2D eigenvalue weighted by molar-refractivity contribution is 9.13. The Morgan fingerprint density at radius 2 is 2.46 bits per heavy atom. The quantitative estimate of drug-likeness (QED) is 0.552. The smallest absolute Gasteiger partial charge is 0.277 e. The van der Waals surface area contributed by atoms with E-state index in [0.717, 1.165) is 11.8 Å². The number of fused-ring (bicyclic) bond motifs is 1. The summed E-state index contributed by atoms with van der Waals surface area (Å²) >= 11 is 4.00. The SMILES string of the molecule is NS(=O)(=O)C1(Br)Nn2ccnc2S1. The maximum absolute atomic E-state index is 11.1. The lowest BCUT2D eigenvalue weighted by Gasteiger charge is -2.17. The number of thioether (sulfide) groups is 1. The van der Waals surface area contributed by atoms with E-state index in [2.05, 4.69) is 26.3 Å². The highest BCUT2D eigenvalue weighted by Crippen LogP contribution is 2.43. The topological polar surface area (TPSA) is 90.0 Å². The molecule has 1 aliphatic heterocycles. The second kappa shape index (κ2) is 2.62. The monoisotopic (exact) mass is 284 g/mol. The Morgan fingerprint density at radius 1 is 1.77 bits per heavy atom. The number of hydrogen-bond acceptors (Lipinski definition) is 5. The van der Waals surface area contributed by atoms with Gasteiger partial charge in [-0.1, -0.05) is 0 Å². The molecule has 1 atom stereocenters. The van der Waals surface area contributed by atoms with Gasteiger partial charge in [0.1, 0.15) is 0 Å². The molecule has 1 aromatic rings. The van der Waals surface area contributed by atoms with E-state index in [0.29, 0.717) is 5.16 Å². The van der Waals surface area contributed by atoms with Crippen LogP contribution < -0.4 is 10.6 Å². The van der Waals surface area contributed by atoms with Crippen LogP contribution in [0.5, 0.6) is 0 Å². The molecule has 0 bridgehead atoms. The van der Waals surface area contributed by atoms with E-state index in [1.165, 1.54) is 4.68 Å². The van der Waals surface area contributed by atoms with Crippen molar-refractivity contribution in [1.29, 1.82) is 0 Å². The van der Waals surface area contributed by atoms with Crippen molar-refractivity contribution >= 4 is 37.7 Å². The van der Waals surface area contributed by atoms with Gasteiger partial charge in [0.15, 0.2) is 5.16 Å². The van der Waals surface area contributed by atoms with E-state index in [1.807, 2.05) is 0 Å².